The van der Waals surface area contributed by atoms with Crippen LogP contribution < -0.4 is 18.1 Å². The molecular weight excluding hydrogens is 434 g/mol. The van der Waals surface area contributed by atoms with Crippen LogP contribution in [0.25, 0.3) is 0 Å². The number of hydrogen-bond donors (Lipinski definition) is 3. The van der Waals surface area contributed by atoms with Gasteiger partial charge in [0.05, 0.1) is 11.4 Å². The Kier molecular flexibility index (Phi) is 5.00. The number of nitrogens with zero attached hydrogens (tertiary/aromatic N) is 2. The maximum absolute atomic E-state index is 14.5. The minimum Gasteiger partial charge on any atom is -0.506 e. The Balaban J connectivity index is 1.91. The van der Waals surface area contributed by atoms with Gasteiger partial charge in [-0.25, -0.2) is 17.8 Å². The van der Waals surface area contributed by atoms with E-state index < -0.39 is 61.6 Å². The van der Waals surface area contributed by atoms with E-state index in [1.165, 1.54) is 12.1 Å². The van der Waals surface area contributed by atoms with Gasteiger partial charge in [-0.05, 0) is 24.3 Å². The van der Waals surface area contributed by atoms with E-state index in [0.717, 1.165) is 29.6 Å². The van der Waals surface area contributed by atoms with Gasteiger partial charge in [0.2, 0.25) is 0 Å². The quantitative estimate of drug-likeness (QED) is 0.614. The van der Waals surface area contributed by atoms with Crippen molar-refractivity contribution in [1.29, 1.82) is 0 Å². The van der Waals surface area contributed by atoms with Gasteiger partial charge < -0.3 is 5.11 Å². The van der Waals surface area contributed by atoms with Crippen molar-refractivity contribution < 1.29 is 35.5 Å². The first-order chi connectivity index (χ1) is 13.4. The topological polar surface area (TPSA) is 136 Å². The highest BCUT2D eigenvalue weighted by Crippen LogP contribution is 2.36. The Bertz CT molecular complexity index is 1160. The van der Waals surface area contributed by atoms with Crippen molar-refractivity contribution in [2.24, 2.45) is 0 Å². The molecule has 0 radical (unpaired) electrons. The molecule has 1 aliphatic heterocycles. The summed E-state index contributed by atoms with van der Waals surface area (Å²) in [4.78, 5) is 11.3. The molecule has 0 spiro atoms. The first kappa shape index (κ1) is 20.6. The molecule has 3 N–H and O–H groups in total. The second kappa shape index (κ2) is 7.04. The molecule has 1 saturated heterocycles. The van der Waals surface area contributed by atoms with Crippen molar-refractivity contribution in [3.63, 3.8) is 0 Å². The van der Waals surface area contributed by atoms with E-state index in [1.807, 2.05) is 4.72 Å². The van der Waals surface area contributed by atoms with E-state index >= 15 is 0 Å². The Hall–Kier alpha value is -3.13. The van der Waals surface area contributed by atoms with Crippen LogP contribution in [0.15, 0.2) is 36.4 Å². The third kappa shape index (κ3) is 4.02. The Morgan fingerprint density at radius 2 is 1.83 bits per heavy atom. The van der Waals surface area contributed by atoms with Crippen molar-refractivity contribution in [3.8, 4) is 5.75 Å². The van der Waals surface area contributed by atoms with Gasteiger partial charge in [0.15, 0.2) is 5.82 Å². The standard InChI is InChI=1S/C15H14F2N4O6S2/c1-20(11-4-2-9(16)3-5-11)28(24,25)18-10-6-12(17)15(13(22)7-10)21-8-14(23)19-29(21,26)27/h2-7,18,22H,8H2,1H3,(H,19,23). The van der Waals surface area contributed by atoms with Gasteiger partial charge in [0.1, 0.15) is 23.8 Å². The van der Waals surface area contributed by atoms with Gasteiger partial charge in [0.25, 0.3) is 5.91 Å². The van der Waals surface area contributed by atoms with E-state index in [4.69, 9.17) is 0 Å². The lowest BCUT2D eigenvalue weighted by atomic mass is 10.2. The minimum atomic E-state index is -4.38. The zero-order valence-electron chi connectivity index (χ0n) is 14.6. The van der Waals surface area contributed by atoms with Crippen LogP contribution in [-0.2, 0) is 25.2 Å². The van der Waals surface area contributed by atoms with Gasteiger partial charge in [-0.15, -0.1) is 0 Å². The average Bonchev–Trinajstić information content (AvgIpc) is 2.86. The largest absolute Gasteiger partial charge is 0.506 e. The van der Waals surface area contributed by atoms with Gasteiger partial charge in [-0.1, -0.05) is 0 Å². The average molecular weight is 448 g/mol. The first-order valence-corrected chi connectivity index (χ1v) is 10.7. The second-order valence-corrected chi connectivity index (χ2v) is 9.21. The summed E-state index contributed by atoms with van der Waals surface area (Å²) in [7, 11) is -7.51. The number of amides is 1. The normalized spacial score (nSPS) is 15.8. The molecule has 2 aromatic rings. The van der Waals surface area contributed by atoms with Crippen LogP contribution in [-0.4, -0.2) is 41.4 Å². The summed E-state index contributed by atoms with van der Waals surface area (Å²) in [6, 6.07) is 5.94. The summed E-state index contributed by atoms with van der Waals surface area (Å²) in [5, 5.41) is 10.1. The smallest absolute Gasteiger partial charge is 0.326 e. The highest BCUT2D eigenvalue weighted by molar-refractivity contribution is 7.94. The molecule has 0 saturated carbocycles. The molecule has 0 aliphatic carbocycles. The number of nitrogens with one attached hydrogen (secondary N) is 2. The lowest BCUT2D eigenvalue weighted by Gasteiger charge is -2.21. The fraction of sp³-hybridized carbons (Fsp3) is 0.133. The van der Waals surface area contributed by atoms with E-state index in [1.54, 1.807) is 4.72 Å². The number of phenols is 1. The van der Waals surface area contributed by atoms with Crippen LogP contribution in [0, 0.1) is 11.6 Å². The fourth-order valence-electron chi connectivity index (χ4n) is 2.54. The SMILES string of the molecule is CN(c1ccc(F)cc1)S(=O)(=O)Nc1cc(O)c(N2CC(=O)NS2(=O)=O)c(F)c1. The molecule has 14 heteroatoms. The van der Waals surface area contributed by atoms with Crippen LogP contribution in [0.3, 0.4) is 0 Å². The molecule has 0 unspecified atom stereocenters. The van der Waals surface area contributed by atoms with Crippen molar-refractivity contribution in [2.75, 3.05) is 26.9 Å². The molecule has 0 atom stereocenters. The van der Waals surface area contributed by atoms with Crippen LogP contribution >= 0.6 is 0 Å². The van der Waals surface area contributed by atoms with E-state index in [0.29, 0.717) is 10.4 Å². The number of hydrogen-bond acceptors (Lipinski definition) is 6. The lowest BCUT2D eigenvalue weighted by Crippen LogP contribution is -2.32. The summed E-state index contributed by atoms with van der Waals surface area (Å²) in [6.45, 7) is -0.745. The summed E-state index contributed by atoms with van der Waals surface area (Å²) >= 11 is 0. The molecular formula is C15H14F2N4O6S2. The van der Waals surface area contributed by atoms with Crippen molar-refractivity contribution in [2.45, 2.75) is 0 Å². The van der Waals surface area contributed by atoms with Gasteiger partial charge in [-0.2, -0.15) is 16.8 Å². The summed E-state index contributed by atoms with van der Waals surface area (Å²) < 4.78 is 80.8. The number of phenolic OH excluding ortho intramolecular Hbond substituents is 1. The Labute approximate surface area is 164 Å². The highest BCUT2D eigenvalue weighted by Gasteiger charge is 2.37. The maximum Gasteiger partial charge on any atom is 0.326 e. The number of carbonyl (C=O) groups excluding carboxylic acids is 1. The number of halogens is 2. The zero-order chi connectivity index (χ0) is 21.6. The number of aromatic hydroxyl groups is 1. The second-order valence-electron chi connectivity index (χ2n) is 5.91. The Morgan fingerprint density at radius 3 is 2.34 bits per heavy atom. The molecule has 3 rings (SSSR count). The molecule has 29 heavy (non-hydrogen) atoms. The van der Waals surface area contributed by atoms with E-state index in [9.17, 15) is 35.5 Å². The first-order valence-electron chi connectivity index (χ1n) is 7.79. The molecule has 156 valence electrons. The zero-order valence-corrected chi connectivity index (χ0v) is 16.3. The predicted molar refractivity (Wildman–Crippen MR) is 99.8 cm³/mol. The molecule has 10 nitrogen and oxygen atoms in total. The Morgan fingerprint density at radius 1 is 1.21 bits per heavy atom. The molecule has 0 bridgehead atoms. The monoisotopic (exact) mass is 448 g/mol. The predicted octanol–water partition coefficient (Wildman–Crippen LogP) is 0.645. The van der Waals surface area contributed by atoms with Crippen molar-refractivity contribution in [3.05, 3.63) is 48.0 Å². The van der Waals surface area contributed by atoms with Crippen molar-refractivity contribution >= 4 is 43.4 Å². The van der Waals surface area contributed by atoms with Gasteiger partial charge >= 0.3 is 20.4 Å². The summed E-state index contributed by atoms with van der Waals surface area (Å²) in [5.41, 5.74) is -1.11. The van der Waals surface area contributed by atoms with E-state index in [-0.39, 0.29) is 5.69 Å². The summed E-state index contributed by atoms with van der Waals surface area (Å²) in [5.74, 6) is -3.69. The highest BCUT2D eigenvalue weighted by atomic mass is 32.2. The van der Waals surface area contributed by atoms with Crippen LogP contribution in [0.2, 0.25) is 0 Å². The van der Waals surface area contributed by atoms with E-state index in [2.05, 4.69) is 0 Å². The maximum atomic E-state index is 14.5. The fourth-order valence-corrected chi connectivity index (χ4v) is 4.67. The summed E-state index contributed by atoms with van der Waals surface area (Å²) in [6.07, 6.45) is 0. The molecule has 1 fully saturated rings. The van der Waals surface area contributed by atoms with Crippen LogP contribution in [0.4, 0.5) is 25.8 Å². The van der Waals surface area contributed by atoms with Gasteiger partial charge in [0, 0.05) is 19.2 Å². The number of rotatable bonds is 5. The molecule has 1 aliphatic rings. The molecule has 1 heterocycles. The lowest BCUT2D eigenvalue weighted by molar-refractivity contribution is -0.117. The van der Waals surface area contributed by atoms with Gasteiger partial charge in [-0.3, -0.25) is 13.8 Å². The molecule has 1 amide bonds. The molecule has 0 aromatic heterocycles. The van der Waals surface area contributed by atoms with Crippen LogP contribution in [0.5, 0.6) is 5.75 Å². The minimum absolute atomic E-state index is 0.105. The van der Waals surface area contributed by atoms with Crippen molar-refractivity contribution in [1.82, 2.24) is 4.72 Å². The number of benzene rings is 2. The number of anilines is 3. The molecule has 2 aromatic carbocycles. The third-order valence-electron chi connectivity index (χ3n) is 3.91. The third-order valence-corrected chi connectivity index (χ3v) is 6.71. The van der Waals surface area contributed by atoms with Crippen LogP contribution in [0.1, 0.15) is 0 Å². The number of carbonyl (C=O) groups is 1.